The molecule has 1 aliphatic rings. The molecule has 2 N–H and O–H groups in total. The second-order valence-corrected chi connectivity index (χ2v) is 7.28. The molecule has 0 bridgehead atoms. The van der Waals surface area contributed by atoms with Crippen molar-refractivity contribution in [1.82, 2.24) is 19.9 Å². The highest BCUT2D eigenvalue weighted by Crippen LogP contribution is 2.26. The van der Waals surface area contributed by atoms with E-state index in [0.29, 0.717) is 23.5 Å². The molecule has 0 radical (unpaired) electrons. The number of hydrogen-bond acceptors (Lipinski definition) is 6. The number of halogens is 1. The Labute approximate surface area is 164 Å². The van der Waals surface area contributed by atoms with Gasteiger partial charge in [-0.15, -0.1) is 0 Å². The molecule has 8 heteroatoms. The molecule has 7 nitrogen and oxygen atoms in total. The smallest absolute Gasteiger partial charge is 0.262 e. The van der Waals surface area contributed by atoms with E-state index >= 15 is 0 Å². The van der Waals surface area contributed by atoms with Gasteiger partial charge in [-0.3, -0.25) is 14.7 Å². The minimum absolute atomic E-state index is 0.195. The zero-order valence-corrected chi connectivity index (χ0v) is 16.3. The Morgan fingerprint density at radius 3 is 2.74 bits per heavy atom. The maximum absolute atomic E-state index is 12.7. The van der Waals surface area contributed by atoms with Crippen LogP contribution < -0.4 is 10.9 Å². The number of fused-ring (bicyclic) bond motifs is 1. The van der Waals surface area contributed by atoms with E-state index < -0.39 is 0 Å². The Morgan fingerprint density at radius 2 is 1.96 bits per heavy atom. The Morgan fingerprint density at radius 1 is 1.19 bits per heavy atom. The van der Waals surface area contributed by atoms with Crippen molar-refractivity contribution in [3.05, 3.63) is 51.4 Å². The van der Waals surface area contributed by atoms with Crippen LogP contribution >= 0.6 is 15.9 Å². The molecule has 27 heavy (non-hydrogen) atoms. The first-order valence-corrected chi connectivity index (χ1v) is 9.69. The van der Waals surface area contributed by atoms with Crippen molar-refractivity contribution < 1.29 is 4.74 Å². The van der Waals surface area contributed by atoms with Crippen LogP contribution in [0.1, 0.15) is 0 Å². The van der Waals surface area contributed by atoms with Gasteiger partial charge in [-0.2, -0.15) is 4.98 Å². The van der Waals surface area contributed by atoms with E-state index in [2.05, 4.69) is 41.1 Å². The van der Waals surface area contributed by atoms with Gasteiger partial charge in [0.25, 0.3) is 5.56 Å². The van der Waals surface area contributed by atoms with Crippen LogP contribution in [0.3, 0.4) is 0 Å². The SMILES string of the molecule is O=c1[nH]c(NCCN2CCOCC2)nc2nccc(-c3ccc(Br)cc3)c12. The molecule has 1 aromatic carbocycles. The first-order chi connectivity index (χ1) is 13.2. The predicted molar refractivity (Wildman–Crippen MR) is 109 cm³/mol. The van der Waals surface area contributed by atoms with Gasteiger partial charge in [0.15, 0.2) is 5.65 Å². The number of benzene rings is 1. The van der Waals surface area contributed by atoms with E-state index in [1.165, 1.54) is 0 Å². The number of morpholine rings is 1. The Kier molecular flexibility index (Phi) is 5.47. The number of aromatic amines is 1. The minimum atomic E-state index is -0.195. The third-order valence-corrected chi connectivity index (χ3v) is 5.12. The lowest BCUT2D eigenvalue weighted by Gasteiger charge is -2.26. The van der Waals surface area contributed by atoms with Crippen molar-refractivity contribution in [3.8, 4) is 11.1 Å². The van der Waals surface area contributed by atoms with Crippen LogP contribution in [0.4, 0.5) is 5.95 Å². The molecular weight excluding hydrogens is 410 g/mol. The van der Waals surface area contributed by atoms with E-state index in [1.807, 2.05) is 30.3 Å². The first kappa shape index (κ1) is 18.1. The molecule has 140 valence electrons. The molecule has 0 amide bonds. The van der Waals surface area contributed by atoms with Crippen LogP contribution in [0, 0.1) is 0 Å². The third-order valence-electron chi connectivity index (χ3n) is 4.59. The summed E-state index contributed by atoms with van der Waals surface area (Å²) in [6, 6.07) is 9.67. The van der Waals surface area contributed by atoms with Gasteiger partial charge in [0, 0.05) is 36.8 Å². The summed E-state index contributed by atoms with van der Waals surface area (Å²) < 4.78 is 6.34. The number of hydrogen-bond donors (Lipinski definition) is 2. The summed E-state index contributed by atoms with van der Waals surface area (Å²) in [6.45, 7) is 4.98. The number of H-pyrrole nitrogens is 1. The molecule has 0 spiro atoms. The molecule has 0 atom stereocenters. The van der Waals surface area contributed by atoms with Crippen LogP contribution in [-0.2, 0) is 4.74 Å². The minimum Gasteiger partial charge on any atom is -0.379 e. The standard InChI is InChI=1S/C19H20BrN5O2/c20-14-3-1-13(2-4-14)15-5-6-21-17-16(15)18(26)24-19(23-17)22-7-8-25-9-11-27-12-10-25/h1-6H,7-12H2,(H2,21,22,23,24,26). The van der Waals surface area contributed by atoms with Crippen LogP contribution in [0.5, 0.6) is 0 Å². The van der Waals surface area contributed by atoms with Gasteiger partial charge < -0.3 is 10.1 Å². The van der Waals surface area contributed by atoms with Gasteiger partial charge in [-0.1, -0.05) is 28.1 Å². The summed E-state index contributed by atoms with van der Waals surface area (Å²) in [5.74, 6) is 0.446. The number of rotatable bonds is 5. The molecule has 3 heterocycles. The highest BCUT2D eigenvalue weighted by Gasteiger charge is 2.12. The highest BCUT2D eigenvalue weighted by atomic mass is 79.9. The second kappa shape index (κ2) is 8.16. The number of ether oxygens (including phenoxy) is 1. The van der Waals surface area contributed by atoms with Gasteiger partial charge >= 0.3 is 0 Å². The fourth-order valence-corrected chi connectivity index (χ4v) is 3.44. The third kappa shape index (κ3) is 4.18. The molecular formula is C19H20BrN5O2. The van der Waals surface area contributed by atoms with Crippen molar-refractivity contribution in [3.63, 3.8) is 0 Å². The topological polar surface area (TPSA) is 83.1 Å². The molecule has 0 unspecified atom stereocenters. The van der Waals surface area contributed by atoms with E-state index in [4.69, 9.17) is 4.74 Å². The zero-order chi connectivity index (χ0) is 18.6. The lowest BCUT2D eigenvalue weighted by atomic mass is 10.0. The summed E-state index contributed by atoms with van der Waals surface area (Å²) in [6.07, 6.45) is 1.68. The molecule has 1 saturated heterocycles. The number of nitrogens with one attached hydrogen (secondary N) is 2. The maximum Gasteiger partial charge on any atom is 0.262 e. The highest BCUT2D eigenvalue weighted by molar-refractivity contribution is 9.10. The molecule has 1 aliphatic heterocycles. The summed E-state index contributed by atoms with van der Waals surface area (Å²) in [7, 11) is 0. The normalized spacial score (nSPS) is 15.1. The van der Waals surface area contributed by atoms with E-state index in [9.17, 15) is 4.79 Å². The van der Waals surface area contributed by atoms with Gasteiger partial charge in [-0.25, -0.2) is 4.98 Å². The summed E-state index contributed by atoms with van der Waals surface area (Å²) in [5, 5.41) is 3.69. The van der Waals surface area contributed by atoms with Crippen molar-refractivity contribution in [2.75, 3.05) is 44.7 Å². The summed E-state index contributed by atoms with van der Waals surface area (Å²) in [4.78, 5) is 26.7. The Hall–Kier alpha value is -2.29. The predicted octanol–water partition coefficient (Wildman–Crippen LogP) is 2.49. The monoisotopic (exact) mass is 429 g/mol. The van der Waals surface area contributed by atoms with E-state index in [-0.39, 0.29) is 5.56 Å². The van der Waals surface area contributed by atoms with Crippen LogP contribution in [-0.4, -0.2) is 59.2 Å². The van der Waals surface area contributed by atoms with E-state index in [0.717, 1.165) is 48.4 Å². The maximum atomic E-state index is 12.7. The number of anilines is 1. The van der Waals surface area contributed by atoms with Gasteiger partial charge in [-0.05, 0) is 29.3 Å². The number of pyridine rings is 1. The quantitative estimate of drug-likeness (QED) is 0.648. The summed E-state index contributed by atoms with van der Waals surface area (Å²) >= 11 is 3.43. The average molecular weight is 430 g/mol. The fourth-order valence-electron chi connectivity index (χ4n) is 3.17. The molecule has 4 rings (SSSR count). The second-order valence-electron chi connectivity index (χ2n) is 6.36. The molecule has 0 aliphatic carbocycles. The van der Waals surface area contributed by atoms with Crippen molar-refractivity contribution in [2.24, 2.45) is 0 Å². The van der Waals surface area contributed by atoms with Crippen LogP contribution in [0.25, 0.3) is 22.2 Å². The largest absolute Gasteiger partial charge is 0.379 e. The van der Waals surface area contributed by atoms with Gasteiger partial charge in [0.2, 0.25) is 5.95 Å². The Balaban J connectivity index is 1.57. The van der Waals surface area contributed by atoms with Gasteiger partial charge in [0.05, 0.1) is 18.6 Å². The molecule has 3 aromatic rings. The van der Waals surface area contributed by atoms with Gasteiger partial charge in [0.1, 0.15) is 0 Å². The van der Waals surface area contributed by atoms with E-state index in [1.54, 1.807) is 6.20 Å². The number of aromatic nitrogens is 3. The lowest BCUT2D eigenvalue weighted by Crippen LogP contribution is -2.39. The Bertz CT molecular complexity index is 984. The first-order valence-electron chi connectivity index (χ1n) is 8.90. The lowest BCUT2D eigenvalue weighted by molar-refractivity contribution is 0.0398. The van der Waals surface area contributed by atoms with Crippen LogP contribution in [0.15, 0.2) is 45.8 Å². The fraction of sp³-hybridized carbons (Fsp3) is 0.316. The molecule has 2 aromatic heterocycles. The van der Waals surface area contributed by atoms with Crippen molar-refractivity contribution in [2.45, 2.75) is 0 Å². The number of nitrogens with zero attached hydrogens (tertiary/aromatic N) is 3. The van der Waals surface area contributed by atoms with Crippen LogP contribution in [0.2, 0.25) is 0 Å². The van der Waals surface area contributed by atoms with Crippen molar-refractivity contribution in [1.29, 1.82) is 0 Å². The zero-order valence-electron chi connectivity index (χ0n) is 14.7. The van der Waals surface area contributed by atoms with Crippen molar-refractivity contribution >= 4 is 32.9 Å². The molecule has 1 fully saturated rings. The molecule has 0 saturated carbocycles. The summed E-state index contributed by atoms with van der Waals surface area (Å²) in [5.41, 5.74) is 2.01. The average Bonchev–Trinajstić information content (AvgIpc) is 2.69.